The highest BCUT2D eigenvalue weighted by atomic mass is 16.5. The first-order chi connectivity index (χ1) is 10.2. The molecule has 0 heterocycles. The van der Waals surface area contributed by atoms with Crippen LogP contribution in [0, 0.1) is 6.92 Å². The SMILES string of the molecule is COc1ccc(C)cc1C(=O)NCc1ccccc1CN. The molecule has 3 N–H and O–H groups in total. The lowest BCUT2D eigenvalue weighted by molar-refractivity contribution is 0.0947. The van der Waals surface area contributed by atoms with E-state index in [2.05, 4.69) is 5.32 Å². The van der Waals surface area contributed by atoms with Crippen LogP contribution in [0.4, 0.5) is 0 Å². The van der Waals surface area contributed by atoms with Gasteiger partial charge in [0.1, 0.15) is 5.75 Å². The molecule has 0 aromatic heterocycles. The molecule has 1 amide bonds. The monoisotopic (exact) mass is 284 g/mol. The van der Waals surface area contributed by atoms with Crippen molar-refractivity contribution >= 4 is 5.91 Å². The van der Waals surface area contributed by atoms with Crippen LogP contribution in [-0.2, 0) is 13.1 Å². The van der Waals surface area contributed by atoms with Gasteiger partial charge in [-0.2, -0.15) is 0 Å². The van der Waals surface area contributed by atoms with Crippen LogP contribution >= 0.6 is 0 Å². The summed E-state index contributed by atoms with van der Waals surface area (Å²) < 4.78 is 5.24. The smallest absolute Gasteiger partial charge is 0.255 e. The Labute approximate surface area is 124 Å². The van der Waals surface area contributed by atoms with Gasteiger partial charge in [-0.05, 0) is 30.2 Å². The molecule has 0 radical (unpaired) electrons. The minimum absolute atomic E-state index is 0.151. The molecule has 2 aromatic carbocycles. The van der Waals surface area contributed by atoms with E-state index < -0.39 is 0 Å². The van der Waals surface area contributed by atoms with E-state index in [1.807, 2.05) is 43.3 Å². The summed E-state index contributed by atoms with van der Waals surface area (Å²) in [6.45, 7) is 2.85. The van der Waals surface area contributed by atoms with E-state index in [1.165, 1.54) is 0 Å². The molecule has 0 spiro atoms. The van der Waals surface area contributed by atoms with Crippen LogP contribution in [0.25, 0.3) is 0 Å². The van der Waals surface area contributed by atoms with Gasteiger partial charge in [-0.3, -0.25) is 4.79 Å². The van der Waals surface area contributed by atoms with Gasteiger partial charge in [-0.1, -0.05) is 35.9 Å². The van der Waals surface area contributed by atoms with E-state index in [9.17, 15) is 4.79 Å². The molecule has 0 aliphatic heterocycles. The third-order valence-electron chi connectivity index (χ3n) is 3.38. The van der Waals surface area contributed by atoms with Gasteiger partial charge in [-0.25, -0.2) is 0 Å². The lowest BCUT2D eigenvalue weighted by Gasteiger charge is -2.12. The second kappa shape index (κ2) is 6.90. The summed E-state index contributed by atoms with van der Waals surface area (Å²) in [5, 5.41) is 2.92. The molecule has 2 rings (SSSR count). The number of nitrogens with two attached hydrogens (primary N) is 1. The summed E-state index contributed by atoms with van der Waals surface area (Å²) in [6.07, 6.45) is 0. The Balaban J connectivity index is 2.13. The second-order valence-electron chi connectivity index (χ2n) is 4.86. The van der Waals surface area contributed by atoms with Gasteiger partial charge in [0.15, 0.2) is 0 Å². The molecule has 21 heavy (non-hydrogen) atoms. The van der Waals surface area contributed by atoms with E-state index in [0.29, 0.717) is 24.4 Å². The number of benzene rings is 2. The standard InChI is InChI=1S/C17H20N2O2/c1-12-7-8-16(21-2)15(9-12)17(20)19-11-14-6-4-3-5-13(14)10-18/h3-9H,10-11,18H2,1-2H3,(H,19,20). The fourth-order valence-corrected chi connectivity index (χ4v) is 2.20. The Morgan fingerprint density at radius 2 is 1.90 bits per heavy atom. The van der Waals surface area contributed by atoms with Crippen LogP contribution in [0.3, 0.4) is 0 Å². The Morgan fingerprint density at radius 1 is 1.19 bits per heavy atom. The lowest BCUT2D eigenvalue weighted by atomic mass is 10.1. The van der Waals surface area contributed by atoms with Crippen LogP contribution in [0.2, 0.25) is 0 Å². The minimum atomic E-state index is -0.151. The quantitative estimate of drug-likeness (QED) is 0.886. The van der Waals surface area contributed by atoms with Crippen LogP contribution < -0.4 is 15.8 Å². The Bertz CT molecular complexity index is 638. The zero-order chi connectivity index (χ0) is 15.2. The largest absolute Gasteiger partial charge is 0.496 e. The van der Waals surface area contributed by atoms with Gasteiger partial charge >= 0.3 is 0 Å². The van der Waals surface area contributed by atoms with Crippen LogP contribution in [-0.4, -0.2) is 13.0 Å². The van der Waals surface area contributed by atoms with Crippen molar-refractivity contribution in [1.29, 1.82) is 0 Å². The number of methoxy groups -OCH3 is 1. The number of hydrogen-bond acceptors (Lipinski definition) is 3. The molecule has 110 valence electrons. The second-order valence-corrected chi connectivity index (χ2v) is 4.86. The van der Waals surface area contributed by atoms with Crippen molar-refractivity contribution in [1.82, 2.24) is 5.32 Å². The fraction of sp³-hybridized carbons (Fsp3) is 0.235. The molecule has 0 fully saturated rings. The average molecular weight is 284 g/mol. The maximum atomic E-state index is 12.3. The number of ether oxygens (including phenoxy) is 1. The molecule has 4 nitrogen and oxygen atoms in total. The van der Waals surface area contributed by atoms with Gasteiger partial charge in [0, 0.05) is 13.1 Å². The highest BCUT2D eigenvalue weighted by Crippen LogP contribution is 2.19. The lowest BCUT2D eigenvalue weighted by Crippen LogP contribution is -2.24. The van der Waals surface area contributed by atoms with E-state index in [0.717, 1.165) is 16.7 Å². The van der Waals surface area contributed by atoms with Crippen LogP contribution in [0.5, 0.6) is 5.75 Å². The molecule has 0 aliphatic carbocycles. The first kappa shape index (κ1) is 15.1. The van der Waals surface area contributed by atoms with E-state index in [1.54, 1.807) is 13.2 Å². The highest BCUT2D eigenvalue weighted by Gasteiger charge is 2.12. The van der Waals surface area contributed by atoms with E-state index in [4.69, 9.17) is 10.5 Å². The van der Waals surface area contributed by atoms with E-state index in [-0.39, 0.29) is 5.91 Å². The van der Waals surface area contributed by atoms with Crippen molar-refractivity contribution in [2.75, 3.05) is 7.11 Å². The van der Waals surface area contributed by atoms with Crippen molar-refractivity contribution in [2.24, 2.45) is 5.73 Å². The topological polar surface area (TPSA) is 64.3 Å². The number of aryl methyl sites for hydroxylation is 1. The molecule has 0 saturated heterocycles. The number of amides is 1. The van der Waals surface area contributed by atoms with E-state index >= 15 is 0 Å². The summed E-state index contributed by atoms with van der Waals surface area (Å²) in [6, 6.07) is 13.4. The third-order valence-corrected chi connectivity index (χ3v) is 3.38. The van der Waals surface area contributed by atoms with Gasteiger partial charge in [0.2, 0.25) is 0 Å². The molecular weight excluding hydrogens is 264 g/mol. The van der Waals surface area contributed by atoms with Crippen molar-refractivity contribution < 1.29 is 9.53 Å². The Kier molecular flexibility index (Phi) is 4.95. The summed E-state index contributed by atoms with van der Waals surface area (Å²) in [7, 11) is 1.56. The predicted octanol–water partition coefficient (Wildman–Crippen LogP) is 2.39. The molecule has 0 aliphatic rings. The number of hydrogen-bond donors (Lipinski definition) is 2. The van der Waals surface area contributed by atoms with Gasteiger partial charge < -0.3 is 15.8 Å². The van der Waals surface area contributed by atoms with Gasteiger partial charge in [-0.15, -0.1) is 0 Å². The predicted molar refractivity (Wildman–Crippen MR) is 83.2 cm³/mol. The number of carbonyl (C=O) groups excluding carboxylic acids is 1. The Morgan fingerprint density at radius 3 is 2.57 bits per heavy atom. The van der Waals surface area contributed by atoms with Crippen molar-refractivity contribution in [3.8, 4) is 5.75 Å². The van der Waals surface area contributed by atoms with Gasteiger partial charge in [0.05, 0.1) is 12.7 Å². The molecule has 0 unspecified atom stereocenters. The minimum Gasteiger partial charge on any atom is -0.496 e. The Hall–Kier alpha value is -2.33. The highest BCUT2D eigenvalue weighted by molar-refractivity contribution is 5.97. The fourth-order valence-electron chi connectivity index (χ4n) is 2.20. The van der Waals surface area contributed by atoms with Crippen LogP contribution in [0.1, 0.15) is 27.0 Å². The maximum Gasteiger partial charge on any atom is 0.255 e. The number of nitrogens with one attached hydrogen (secondary N) is 1. The zero-order valence-electron chi connectivity index (χ0n) is 12.3. The van der Waals surface area contributed by atoms with Crippen molar-refractivity contribution in [3.05, 3.63) is 64.7 Å². The molecule has 0 atom stereocenters. The molecule has 0 saturated carbocycles. The molecule has 4 heteroatoms. The maximum absolute atomic E-state index is 12.3. The summed E-state index contributed by atoms with van der Waals surface area (Å²) in [5.41, 5.74) is 9.33. The van der Waals surface area contributed by atoms with Crippen LogP contribution in [0.15, 0.2) is 42.5 Å². The van der Waals surface area contributed by atoms with Crippen molar-refractivity contribution in [2.45, 2.75) is 20.0 Å². The number of carbonyl (C=O) groups is 1. The zero-order valence-corrected chi connectivity index (χ0v) is 12.3. The summed E-state index contributed by atoms with van der Waals surface area (Å²) >= 11 is 0. The normalized spacial score (nSPS) is 10.2. The molecule has 0 bridgehead atoms. The van der Waals surface area contributed by atoms with Gasteiger partial charge in [0.25, 0.3) is 5.91 Å². The average Bonchev–Trinajstić information content (AvgIpc) is 2.52. The number of rotatable bonds is 5. The summed E-state index contributed by atoms with van der Waals surface area (Å²) in [5.74, 6) is 0.424. The molecule has 2 aromatic rings. The third kappa shape index (κ3) is 3.61. The summed E-state index contributed by atoms with van der Waals surface area (Å²) in [4.78, 5) is 12.3. The van der Waals surface area contributed by atoms with Crippen molar-refractivity contribution in [3.63, 3.8) is 0 Å². The first-order valence-electron chi connectivity index (χ1n) is 6.85. The molecular formula is C17H20N2O2. The first-order valence-corrected chi connectivity index (χ1v) is 6.85.